The summed E-state index contributed by atoms with van der Waals surface area (Å²) in [5.74, 6) is -0.221. The summed E-state index contributed by atoms with van der Waals surface area (Å²) in [5, 5.41) is 3.46. The van der Waals surface area contributed by atoms with E-state index in [1.807, 2.05) is 0 Å². The molecule has 23 heavy (non-hydrogen) atoms. The van der Waals surface area contributed by atoms with Gasteiger partial charge in [-0.1, -0.05) is 50.2 Å². The fourth-order valence-electron chi connectivity index (χ4n) is 3.64. The predicted molar refractivity (Wildman–Crippen MR) is 93.7 cm³/mol. The van der Waals surface area contributed by atoms with Crippen LogP contribution >= 0.6 is 0 Å². The molecule has 0 amide bonds. The van der Waals surface area contributed by atoms with Gasteiger partial charge in [-0.15, -0.1) is 0 Å². The molecular weight excluding hydrogens is 285 g/mol. The van der Waals surface area contributed by atoms with Gasteiger partial charge in [0.2, 0.25) is 0 Å². The lowest BCUT2D eigenvalue weighted by Crippen LogP contribution is -2.16. The van der Waals surface area contributed by atoms with Crippen LogP contribution in [0.1, 0.15) is 25.0 Å². The van der Waals surface area contributed by atoms with Crippen molar-refractivity contribution in [3.05, 3.63) is 83.7 Å². The maximum atomic E-state index is 13.1. The molecule has 3 aromatic carbocycles. The van der Waals surface area contributed by atoms with Gasteiger partial charge in [-0.05, 0) is 52.6 Å². The summed E-state index contributed by atoms with van der Waals surface area (Å²) >= 11 is 0. The Bertz CT molecular complexity index is 879. The van der Waals surface area contributed by atoms with Gasteiger partial charge >= 0.3 is 0 Å². The van der Waals surface area contributed by atoms with E-state index in [1.54, 1.807) is 12.1 Å². The van der Waals surface area contributed by atoms with Crippen LogP contribution in [-0.4, -0.2) is 0 Å². The van der Waals surface area contributed by atoms with E-state index in [1.165, 1.54) is 34.4 Å². The minimum Gasteiger partial charge on any atom is -0.355 e. The van der Waals surface area contributed by atoms with Crippen LogP contribution in [0, 0.1) is 5.82 Å². The molecule has 0 spiro atoms. The molecule has 114 valence electrons. The summed E-state index contributed by atoms with van der Waals surface area (Å²) in [6.07, 6.45) is 0. The molecule has 4 rings (SSSR count). The molecule has 0 unspecified atom stereocenters. The lowest BCUT2D eigenvalue weighted by molar-refractivity contribution is 0.628. The lowest BCUT2D eigenvalue weighted by Gasteiger charge is -2.24. The molecule has 3 aromatic rings. The van der Waals surface area contributed by atoms with E-state index >= 15 is 0 Å². The van der Waals surface area contributed by atoms with Crippen LogP contribution in [0.5, 0.6) is 0 Å². The van der Waals surface area contributed by atoms with Crippen LogP contribution < -0.4 is 5.32 Å². The monoisotopic (exact) mass is 303 g/mol. The molecule has 1 aliphatic carbocycles. The first kappa shape index (κ1) is 14.0. The Morgan fingerprint density at radius 1 is 0.783 bits per heavy atom. The quantitative estimate of drug-likeness (QED) is 0.623. The number of hydrogen-bond acceptors (Lipinski definition) is 1. The van der Waals surface area contributed by atoms with Crippen molar-refractivity contribution in [1.82, 2.24) is 0 Å². The molecule has 2 heteroatoms. The third kappa shape index (κ3) is 2.14. The standard InChI is InChI=1S/C21H18FN/c1-21(2)18-8-4-3-6-16(18)17-7-5-9-19(20(17)21)23-15-12-10-14(22)11-13-15/h3-13,23H,1-2H3. The molecule has 1 aliphatic rings. The Hall–Kier alpha value is -2.61. The zero-order valence-corrected chi connectivity index (χ0v) is 13.2. The van der Waals surface area contributed by atoms with Crippen LogP contribution in [0.3, 0.4) is 0 Å². The second-order valence-corrected chi connectivity index (χ2v) is 6.53. The summed E-state index contributed by atoms with van der Waals surface area (Å²) in [4.78, 5) is 0. The summed E-state index contributed by atoms with van der Waals surface area (Å²) < 4.78 is 13.1. The predicted octanol–water partition coefficient (Wildman–Crippen LogP) is 5.88. The molecule has 0 saturated carbocycles. The zero-order valence-electron chi connectivity index (χ0n) is 13.2. The number of anilines is 2. The highest BCUT2D eigenvalue weighted by Gasteiger charge is 2.37. The molecule has 1 N–H and O–H groups in total. The molecule has 1 nitrogen and oxygen atoms in total. The SMILES string of the molecule is CC1(C)c2ccccc2-c2cccc(Nc3ccc(F)cc3)c21. The number of rotatable bonds is 2. The van der Waals surface area contributed by atoms with Gasteiger partial charge in [0.25, 0.3) is 0 Å². The summed E-state index contributed by atoms with van der Waals surface area (Å²) in [5.41, 5.74) is 7.14. The number of nitrogens with one attached hydrogen (secondary N) is 1. The Balaban J connectivity index is 1.85. The average molecular weight is 303 g/mol. The molecule has 0 radical (unpaired) electrons. The van der Waals surface area contributed by atoms with Crippen molar-refractivity contribution in [3.8, 4) is 11.1 Å². The van der Waals surface area contributed by atoms with Gasteiger partial charge in [0, 0.05) is 16.8 Å². The van der Waals surface area contributed by atoms with Gasteiger partial charge in [-0.3, -0.25) is 0 Å². The van der Waals surface area contributed by atoms with Crippen molar-refractivity contribution in [3.63, 3.8) is 0 Å². The minimum atomic E-state index is -0.221. The van der Waals surface area contributed by atoms with Crippen LogP contribution in [0.4, 0.5) is 15.8 Å². The van der Waals surface area contributed by atoms with Crippen LogP contribution in [0.25, 0.3) is 11.1 Å². The molecule has 0 aromatic heterocycles. The third-order valence-electron chi connectivity index (χ3n) is 4.70. The van der Waals surface area contributed by atoms with E-state index in [0.29, 0.717) is 0 Å². The maximum absolute atomic E-state index is 13.1. The first-order valence-corrected chi connectivity index (χ1v) is 7.83. The topological polar surface area (TPSA) is 12.0 Å². The molecule has 0 heterocycles. The van der Waals surface area contributed by atoms with Crippen LogP contribution in [-0.2, 0) is 5.41 Å². The average Bonchev–Trinajstić information content (AvgIpc) is 2.79. The van der Waals surface area contributed by atoms with Crippen molar-refractivity contribution in [2.45, 2.75) is 19.3 Å². The highest BCUT2D eigenvalue weighted by atomic mass is 19.1. The Morgan fingerprint density at radius 2 is 1.48 bits per heavy atom. The molecule has 0 bridgehead atoms. The number of hydrogen-bond donors (Lipinski definition) is 1. The molecule has 0 atom stereocenters. The third-order valence-corrected chi connectivity index (χ3v) is 4.70. The van der Waals surface area contributed by atoms with E-state index < -0.39 is 0 Å². The van der Waals surface area contributed by atoms with Gasteiger partial charge in [0.15, 0.2) is 0 Å². The Labute approximate surface area is 135 Å². The van der Waals surface area contributed by atoms with E-state index in [2.05, 4.69) is 61.6 Å². The second-order valence-electron chi connectivity index (χ2n) is 6.53. The zero-order chi connectivity index (χ0) is 16.0. The molecule has 0 saturated heterocycles. The number of benzene rings is 3. The molecule has 0 aliphatic heterocycles. The Morgan fingerprint density at radius 3 is 2.26 bits per heavy atom. The maximum Gasteiger partial charge on any atom is 0.123 e. The largest absolute Gasteiger partial charge is 0.355 e. The van der Waals surface area contributed by atoms with Gasteiger partial charge in [-0.2, -0.15) is 0 Å². The highest BCUT2D eigenvalue weighted by Crippen LogP contribution is 2.51. The summed E-state index contributed by atoms with van der Waals surface area (Å²) in [7, 11) is 0. The van der Waals surface area contributed by atoms with Crippen molar-refractivity contribution in [1.29, 1.82) is 0 Å². The molecular formula is C21H18FN. The van der Waals surface area contributed by atoms with Gasteiger partial charge in [0.1, 0.15) is 5.82 Å². The summed E-state index contributed by atoms with van der Waals surface area (Å²) in [6, 6.07) is 21.4. The van der Waals surface area contributed by atoms with E-state index in [9.17, 15) is 4.39 Å². The van der Waals surface area contributed by atoms with Gasteiger partial charge in [0.05, 0.1) is 0 Å². The number of halogens is 1. The van der Waals surface area contributed by atoms with Crippen LogP contribution in [0.2, 0.25) is 0 Å². The Kier molecular flexibility index (Phi) is 3.02. The van der Waals surface area contributed by atoms with E-state index in [-0.39, 0.29) is 11.2 Å². The first-order valence-electron chi connectivity index (χ1n) is 7.83. The van der Waals surface area contributed by atoms with Crippen LogP contribution in [0.15, 0.2) is 66.7 Å². The fourth-order valence-corrected chi connectivity index (χ4v) is 3.64. The normalized spacial score (nSPS) is 14.2. The van der Waals surface area contributed by atoms with Gasteiger partial charge < -0.3 is 5.32 Å². The first-order chi connectivity index (χ1) is 11.1. The van der Waals surface area contributed by atoms with E-state index in [4.69, 9.17) is 0 Å². The van der Waals surface area contributed by atoms with Crippen molar-refractivity contribution in [2.75, 3.05) is 5.32 Å². The number of fused-ring (bicyclic) bond motifs is 3. The fraction of sp³-hybridized carbons (Fsp3) is 0.143. The van der Waals surface area contributed by atoms with E-state index in [0.717, 1.165) is 11.4 Å². The van der Waals surface area contributed by atoms with Crippen molar-refractivity contribution < 1.29 is 4.39 Å². The van der Waals surface area contributed by atoms with Crippen molar-refractivity contribution >= 4 is 11.4 Å². The van der Waals surface area contributed by atoms with Gasteiger partial charge in [-0.25, -0.2) is 4.39 Å². The minimum absolute atomic E-state index is 0.0600. The smallest absolute Gasteiger partial charge is 0.123 e. The second kappa shape index (κ2) is 4.95. The highest BCUT2D eigenvalue weighted by molar-refractivity contribution is 5.86. The lowest BCUT2D eigenvalue weighted by atomic mass is 9.81. The van der Waals surface area contributed by atoms with Crippen molar-refractivity contribution in [2.24, 2.45) is 0 Å². The summed E-state index contributed by atoms with van der Waals surface area (Å²) in [6.45, 7) is 4.51. The molecule has 0 fully saturated rings.